The highest BCUT2D eigenvalue weighted by Crippen LogP contribution is 2.26. The number of aliphatic hydroxyl groups is 5. The third-order valence-electron chi connectivity index (χ3n) is 15.0. The van der Waals surface area contributed by atoms with E-state index < -0.39 is 67.4 Å². The van der Waals surface area contributed by atoms with E-state index in [1.165, 1.54) is 77.0 Å². The molecule has 11 nitrogen and oxygen atoms in total. The van der Waals surface area contributed by atoms with Crippen molar-refractivity contribution < 1.29 is 49.3 Å². The molecule has 1 aliphatic heterocycles. The third kappa shape index (κ3) is 47.5. The minimum absolute atomic E-state index is 0.108. The molecule has 1 aliphatic rings. The number of carbonyl (C=O) groups is 2. The fourth-order valence-corrected chi connectivity index (χ4v) is 9.76. The van der Waals surface area contributed by atoms with Gasteiger partial charge in [0, 0.05) is 6.42 Å². The number of hydrogen-bond acceptors (Lipinski definition) is 10. The van der Waals surface area contributed by atoms with Crippen LogP contribution < -0.4 is 5.32 Å². The summed E-state index contributed by atoms with van der Waals surface area (Å²) in [5, 5.41) is 57.1. The average molecular weight is 1190 g/mol. The topological polar surface area (TPSA) is 175 Å². The molecule has 1 rings (SSSR count). The number of hydrogen-bond donors (Lipinski definition) is 6. The number of allylic oxidation sites excluding steroid dienone is 21. The molecular formula is C74H123NO10. The molecule has 1 heterocycles. The van der Waals surface area contributed by atoms with Crippen LogP contribution in [0.25, 0.3) is 0 Å². The van der Waals surface area contributed by atoms with Gasteiger partial charge in [0.15, 0.2) is 12.4 Å². The van der Waals surface area contributed by atoms with E-state index in [1.54, 1.807) is 6.08 Å². The molecule has 85 heavy (non-hydrogen) atoms. The van der Waals surface area contributed by atoms with E-state index in [9.17, 15) is 35.1 Å². The number of unbranched alkanes of at least 4 members (excludes halogenated alkanes) is 22. The lowest BCUT2D eigenvalue weighted by molar-refractivity contribution is -0.305. The smallest absolute Gasteiger partial charge is 0.306 e. The fraction of sp³-hybridized carbons (Fsp3) is 0.676. The fourth-order valence-electron chi connectivity index (χ4n) is 9.76. The van der Waals surface area contributed by atoms with Crippen molar-refractivity contribution in [3.63, 3.8) is 0 Å². The second kappa shape index (κ2) is 60.1. The predicted molar refractivity (Wildman–Crippen MR) is 356 cm³/mol. The van der Waals surface area contributed by atoms with Crippen LogP contribution >= 0.6 is 0 Å². The lowest BCUT2D eigenvalue weighted by Crippen LogP contribution is -2.61. The van der Waals surface area contributed by atoms with Crippen LogP contribution in [-0.2, 0) is 23.8 Å². The van der Waals surface area contributed by atoms with E-state index in [4.69, 9.17) is 14.2 Å². The maximum absolute atomic E-state index is 13.4. The van der Waals surface area contributed by atoms with Crippen molar-refractivity contribution in [3.8, 4) is 0 Å². The minimum atomic E-state index is -1.63. The second-order valence-electron chi connectivity index (χ2n) is 22.8. The van der Waals surface area contributed by atoms with Gasteiger partial charge in [-0.2, -0.15) is 0 Å². The van der Waals surface area contributed by atoms with Crippen LogP contribution in [0.4, 0.5) is 0 Å². The van der Waals surface area contributed by atoms with Gasteiger partial charge in [-0.25, -0.2) is 0 Å². The van der Waals surface area contributed by atoms with E-state index in [0.717, 1.165) is 135 Å². The first-order chi connectivity index (χ1) is 41.7. The molecule has 0 saturated carbocycles. The highest BCUT2D eigenvalue weighted by Gasteiger charge is 2.47. The van der Waals surface area contributed by atoms with Gasteiger partial charge in [0.2, 0.25) is 5.91 Å². The Hall–Kier alpha value is -4.20. The first kappa shape index (κ1) is 78.8. The molecule has 0 bridgehead atoms. The van der Waals surface area contributed by atoms with Gasteiger partial charge in [-0.1, -0.05) is 270 Å². The number of rotatable bonds is 56. The molecule has 0 aromatic heterocycles. The lowest BCUT2D eigenvalue weighted by Gasteiger charge is -2.41. The summed E-state index contributed by atoms with van der Waals surface area (Å²) in [7, 11) is 0. The maximum atomic E-state index is 13.4. The molecule has 1 saturated heterocycles. The van der Waals surface area contributed by atoms with Gasteiger partial charge in [-0.3, -0.25) is 9.59 Å². The van der Waals surface area contributed by atoms with Crippen molar-refractivity contribution in [2.45, 2.75) is 307 Å². The van der Waals surface area contributed by atoms with E-state index in [2.05, 4.69) is 148 Å². The van der Waals surface area contributed by atoms with Crippen LogP contribution in [0, 0.1) is 0 Å². The van der Waals surface area contributed by atoms with E-state index in [1.807, 2.05) is 6.08 Å². The molecule has 0 aliphatic carbocycles. The standard InChI is InChI=1S/C74H123NO10/c1-4-7-10-13-16-19-22-24-26-28-30-31-32-33-34-35-36-37-38-40-42-44-47-50-53-56-59-62-69(79)85-72-71(81)70(80)68(63-76)84-74(72)83-64-65(66(77)60-57-54-51-48-45-21-18-15-12-9-6-3)75-73(82)67(78)61-58-55-52-49-46-43-41-39-29-27-25-23-20-17-14-11-8-5-2/h7-8,10-11,16-17,19-20,24-27,30-31,33-34,39,41,46,49,57,60,65-68,70-72,74,76-78,80-81H,4-6,9,12-15,18,21-23,28-29,32,35-38,40,42-45,47-48,50-56,58-59,61-64H2,1-3H3,(H,75,82)/b10-7-,11-8-,19-16-,20-17-,26-24-,27-25-,31-30-,34-33-,41-39-,49-46-,60-57+. The van der Waals surface area contributed by atoms with Crippen molar-refractivity contribution in [2.75, 3.05) is 13.2 Å². The van der Waals surface area contributed by atoms with Crippen LogP contribution in [0.2, 0.25) is 0 Å². The van der Waals surface area contributed by atoms with Crippen LogP contribution in [-0.4, -0.2) is 99.6 Å². The van der Waals surface area contributed by atoms with E-state index >= 15 is 0 Å². The summed E-state index contributed by atoms with van der Waals surface area (Å²) in [6, 6.07) is -1.05. The number of nitrogens with one attached hydrogen (secondary N) is 1. The molecule has 6 N–H and O–H groups in total. The summed E-state index contributed by atoms with van der Waals surface area (Å²) >= 11 is 0. The predicted octanol–water partition coefficient (Wildman–Crippen LogP) is 17.2. The molecular weight excluding hydrogens is 1060 g/mol. The maximum Gasteiger partial charge on any atom is 0.306 e. The van der Waals surface area contributed by atoms with Crippen molar-refractivity contribution >= 4 is 11.9 Å². The summed E-state index contributed by atoms with van der Waals surface area (Å²) in [5.74, 6) is -1.24. The Morgan fingerprint density at radius 2 is 0.847 bits per heavy atom. The van der Waals surface area contributed by atoms with E-state index in [0.29, 0.717) is 12.8 Å². The summed E-state index contributed by atoms with van der Waals surface area (Å²) < 4.78 is 17.6. The van der Waals surface area contributed by atoms with Crippen molar-refractivity contribution in [1.82, 2.24) is 5.32 Å². The Labute approximate surface area is 518 Å². The van der Waals surface area contributed by atoms with Gasteiger partial charge in [-0.15, -0.1) is 0 Å². The zero-order chi connectivity index (χ0) is 61.7. The molecule has 0 aromatic carbocycles. The number of amides is 1. The first-order valence-corrected chi connectivity index (χ1v) is 34.0. The number of carbonyl (C=O) groups excluding carboxylic acids is 2. The lowest BCUT2D eigenvalue weighted by atomic mass is 9.99. The average Bonchev–Trinajstić information content (AvgIpc) is 2.92. The molecule has 1 amide bonds. The monoisotopic (exact) mass is 1190 g/mol. The summed E-state index contributed by atoms with van der Waals surface area (Å²) in [6.45, 7) is 5.53. The van der Waals surface area contributed by atoms with Crippen molar-refractivity contribution in [1.29, 1.82) is 0 Å². The molecule has 8 atom stereocenters. The summed E-state index contributed by atoms with van der Waals surface area (Å²) in [5.41, 5.74) is 0. The molecule has 0 radical (unpaired) electrons. The van der Waals surface area contributed by atoms with Gasteiger partial charge in [-0.05, 0) is 116 Å². The summed E-state index contributed by atoms with van der Waals surface area (Å²) in [4.78, 5) is 26.6. The highest BCUT2D eigenvalue weighted by atomic mass is 16.7. The molecule has 1 fully saturated rings. The normalized spacial score (nSPS) is 19.3. The van der Waals surface area contributed by atoms with Crippen molar-refractivity contribution in [2.24, 2.45) is 0 Å². The van der Waals surface area contributed by atoms with Gasteiger partial charge < -0.3 is 45.1 Å². The largest absolute Gasteiger partial charge is 0.454 e. The Morgan fingerprint density at radius 3 is 1.27 bits per heavy atom. The quantitative estimate of drug-likeness (QED) is 0.0195. The Bertz CT molecular complexity index is 1890. The molecule has 11 heteroatoms. The zero-order valence-electron chi connectivity index (χ0n) is 53.7. The molecule has 0 aromatic rings. The Kier molecular flexibility index (Phi) is 55.7. The van der Waals surface area contributed by atoms with Gasteiger partial charge in [0.05, 0.1) is 25.4 Å². The third-order valence-corrected chi connectivity index (χ3v) is 15.0. The molecule has 0 spiro atoms. The van der Waals surface area contributed by atoms with E-state index in [-0.39, 0.29) is 19.4 Å². The first-order valence-electron chi connectivity index (χ1n) is 34.0. The summed E-state index contributed by atoms with van der Waals surface area (Å²) in [6.07, 6.45) is 74.9. The minimum Gasteiger partial charge on any atom is -0.454 e. The molecule has 484 valence electrons. The van der Waals surface area contributed by atoms with Crippen LogP contribution in [0.1, 0.15) is 258 Å². The molecule has 8 unspecified atom stereocenters. The van der Waals surface area contributed by atoms with Crippen LogP contribution in [0.15, 0.2) is 134 Å². The number of aliphatic hydroxyl groups excluding tert-OH is 5. The van der Waals surface area contributed by atoms with Crippen LogP contribution in [0.3, 0.4) is 0 Å². The highest BCUT2D eigenvalue weighted by molar-refractivity contribution is 5.80. The SMILES string of the molecule is CC/C=C\C/C=C\C/C=C\C/C=C\C/C=C\CCCCCCCCCCCCCC(=O)OC1C(OCC(NC(=O)C(O)CCCC/C=C\C/C=C\C/C=C\C/C=C\C/C=C\CC)C(O)/C=C/CCCCCCCCCCC)OC(CO)C(O)C1O. The van der Waals surface area contributed by atoms with Gasteiger partial charge in [0.1, 0.15) is 24.4 Å². The van der Waals surface area contributed by atoms with Gasteiger partial charge >= 0.3 is 5.97 Å². The van der Waals surface area contributed by atoms with Crippen LogP contribution in [0.5, 0.6) is 0 Å². The Morgan fingerprint density at radius 1 is 0.471 bits per heavy atom. The van der Waals surface area contributed by atoms with Crippen molar-refractivity contribution in [3.05, 3.63) is 134 Å². The number of esters is 1. The zero-order valence-corrected chi connectivity index (χ0v) is 53.7. The Balaban J connectivity index is 2.59. The second-order valence-corrected chi connectivity index (χ2v) is 22.8. The number of ether oxygens (including phenoxy) is 3. The van der Waals surface area contributed by atoms with Gasteiger partial charge in [0.25, 0.3) is 0 Å².